The van der Waals surface area contributed by atoms with E-state index in [4.69, 9.17) is 10.00 Å². The summed E-state index contributed by atoms with van der Waals surface area (Å²) in [6, 6.07) is 8.51. The summed E-state index contributed by atoms with van der Waals surface area (Å²) in [5, 5.41) is 11.8. The van der Waals surface area contributed by atoms with Gasteiger partial charge in [-0.05, 0) is 66.0 Å². The van der Waals surface area contributed by atoms with Gasteiger partial charge < -0.3 is 10.1 Å². The molecular weight excluding hydrogens is 471 g/mol. The average molecular weight is 479 g/mol. The molecule has 0 unspecified atom stereocenters. The Balaban J connectivity index is 2.44. The number of hydrogen-bond donors (Lipinski definition) is 1. The molecule has 3 nitrogen and oxygen atoms in total. The van der Waals surface area contributed by atoms with Crippen LogP contribution in [0, 0.1) is 17.1 Å². The lowest BCUT2D eigenvalue weighted by Gasteiger charge is -2.13. The molecule has 7 heteroatoms. The van der Waals surface area contributed by atoms with Crippen molar-refractivity contribution in [1.29, 1.82) is 5.26 Å². The van der Waals surface area contributed by atoms with E-state index in [1.807, 2.05) is 6.07 Å². The molecular formula is C14H8Br3FN2O. The highest BCUT2D eigenvalue weighted by atomic mass is 79.9. The standard InChI is InChI=1S/C14H8Br3FN2O/c1-21-12-5-11(8(15)4-9(12)16)20-10-3-2-7(6-19)13(17)14(10)18/h2-5,20H,1H3. The van der Waals surface area contributed by atoms with Gasteiger partial charge in [0, 0.05) is 10.5 Å². The molecule has 0 heterocycles. The SMILES string of the molecule is COc1cc(Nc2ccc(C#N)c(Br)c2F)c(Br)cc1Br. The van der Waals surface area contributed by atoms with Gasteiger partial charge in [0.25, 0.3) is 0 Å². The number of anilines is 2. The van der Waals surface area contributed by atoms with Crippen LogP contribution in [0.4, 0.5) is 15.8 Å². The van der Waals surface area contributed by atoms with Gasteiger partial charge in [-0.15, -0.1) is 0 Å². The largest absolute Gasteiger partial charge is 0.495 e. The third-order valence-electron chi connectivity index (χ3n) is 2.71. The van der Waals surface area contributed by atoms with Crippen LogP contribution in [0.2, 0.25) is 0 Å². The summed E-state index contributed by atoms with van der Waals surface area (Å²) in [6.45, 7) is 0. The summed E-state index contributed by atoms with van der Waals surface area (Å²) < 4.78 is 21.1. The Morgan fingerprint density at radius 3 is 2.48 bits per heavy atom. The average Bonchev–Trinajstić information content (AvgIpc) is 2.46. The Hall–Kier alpha value is -1.10. The molecule has 0 spiro atoms. The molecule has 1 N–H and O–H groups in total. The van der Waals surface area contributed by atoms with Crippen molar-refractivity contribution in [3.05, 3.63) is 49.1 Å². The van der Waals surface area contributed by atoms with Crippen molar-refractivity contribution < 1.29 is 9.13 Å². The first-order valence-corrected chi connectivity index (χ1v) is 8.04. The van der Waals surface area contributed by atoms with Crippen molar-refractivity contribution in [2.45, 2.75) is 0 Å². The van der Waals surface area contributed by atoms with Crippen LogP contribution in [0.25, 0.3) is 0 Å². The molecule has 0 saturated carbocycles. The van der Waals surface area contributed by atoms with E-state index in [2.05, 4.69) is 53.1 Å². The summed E-state index contributed by atoms with van der Waals surface area (Å²) in [7, 11) is 1.55. The molecule has 0 aliphatic carbocycles. The van der Waals surface area contributed by atoms with E-state index in [-0.39, 0.29) is 15.7 Å². The molecule has 0 atom stereocenters. The van der Waals surface area contributed by atoms with E-state index in [9.17, 15) is 4.39 Å². The minimum atomic E-state index is -0.525. The topological polar surface area (TPSA) is 45.0 Å². The van der Waals surface area contributed by atoms with Gasteiger partial charge in [0.2, 0.25) is 0 Å². The summed E-state index contributed by atoms with van der Waals surface area (Å²) in [6.07, 6.45) is 0. The second kappa shape index (κ2) is 6.77. The van der Waals surface area contributed by atoms with E-state index < -0.39 is 5.82 Å². The molecule has 0 bridgehead atoms. The van der Waals surface area contributed by atoms with Crippen LogP contribution in [0.3, 0.4) is 0 Å². The van der Waals surface area contributed by atoms with Crippen molar-refractivity contribution in [3.8, 4) is 11.8 Å². The fourth-order valence-corrected chi connectivity index (χ4v) is 3.35. The van der Waals surface area contributed by atoms with Crippen LogP contribution in [0.5, 0.6) is 5.75 Å². The highest BCUT2D eigenvalue weighted by molar-refractivity contribution is 9.11. The Morgan fingerprint density at radius 1 is 1.14 bits per heavy atom. The van der Waals surface area contributed by atoms with E-state index in [1.165, 1.54) is 6.07 Å². The maximum absolute atomic E-state index is 14.2. The molecule has 0 radical (unpaired) electrons. The Bertz CT molecular complexity index is 744. The van der Waals surface area contributed by atoms with Crippen LogP contribution in [-0.4, -0.2) is 7.11 Å². The van der Waals surface area contributed by atoms with Crippen LogP contribution in [0.15, 0.2) is 37.7 Å². The predicted octanol–water partition coefficient (Wildman–Crippen LogP) is 5.74. The lowest BCUT2D eigenvalue weighted by Crippen LogP contribution is -1.98. The van der Waals surface area contributed by atoms with E-state index in [1.54, 1.807) is 25.3 Å². The molecule has 0 amide bonds. The van der Waals surface area contributed by atoms with Gasteiger partial charge in [0.05, 0.1) is 33.0 Å². The van der Waals surface area contributed by atoms with Gasteiger partial charge >= 0.3 is 0 Å². The van der Waals surface area contributed by atoms with Crippen molar-refractivity contribution >= 4 is 59.2 Å². The van der Waals surface area contributed by atoms with Crippen LogP contribution in [0.1, 0.15) is 5.56 Å². The third-order valence-corrected chi connectivity index (χ3v) is 4.76. The first kappa shape index (κ1) is 16.3. The minimum Gasteiger partial charge on any atom is -0.495 e. The van der Waals surface area contributed by atoms with Crippen LogP contribution in [-0.2, 0) is 0 Å². The number of halogens is 4. The smallest absolute Gasteiger partial charge is 0.162 e. The van der Waals surface area contributed by atoms with Crippen LogP contribution >= 0.6 is 47.8 Å². The zero-order chi connectivity index (χ0) is 15.6. The highest BCUT2D eigenvalue weighted by Crippen LogP contribution is 2.37. The normalized spacial score (nSPS) is 10.1. The molecule has 2 rings (SSSR count). The summed E-state index contributed by atoms with van der Waals surface area (Å²) >= 11 is 9.86. The first-order valence-electron chi connectivity index (χ1n) is 5.66. The van der Waals surface area contributed by atoms with Gasteiger partial charge in [-0.1, -0.05) is 0 Å². The monoisotopic (exact) mass is 476 g/mol. The lowest BCUT2D eigenvalue weighted by molar-refractivity contribution is 0.412. The fourth-order valence-electron chi connectivity index (χ4n) is 1.66. The van der Waals surface area contributed by atoms with Gasteiger partial charge in [-0.3, -0.25) is 0 Å². The molecule has 0 aromatic heterocycles. The fraction of sp³-hybridized carbons (Fsp3) is 0.0714. The summed E-state index contributed by atoms with van der Waals surface area (Å²) in [5.41, 5.74) is 1.14. The molecule has 0 aliphatic rings. The summed E-state index contributed by atoms with van der Waals surface area (Å²) in [4.78, 5) is 0. The molecule has 0 saturated heterocycles. The number of nitrogens with one attached hydrogen (secondary N) is 1. The molecule has 21 heavy (non-hydrogen) atoms. The maximum Gasteiger partial charge on any atom is 0.162 e. The number of ether oxygens (including phenoxy) is 1. The summed E-state index contributed by atoms with van der Waals surface area (Å²) in [5.74, 6) is 0.0941. The Kier molecular flexibility index (Phi) is 5.25. The second-order valence-electron chi connectivity index (χ2n) is 3.99. The lowest BCUT2D eigenvalue weighted by atomic mass is 10.2. The van der Waals surface area contributed by atoms with Crippen molar-refractivity contribution in [2.75, 3.05) is 12.4 Å². The molecule has 2 aromatic carbocycles. The molecule has 2 aromatic rings. The van der Waals surface area contributed by atoms with Crippen molar-refractivity contribution in [2.24, 2.45) is 0 Å². The predicted molar refractivity (Wildman–Crippen MR) is 90.5 cm³/mol. The van der Waals surface area contributed by atoms with Crippen LogP contribution < -0.4 is 10.1 Å². The number of nitrogens with zero attached hydrogens (tertiary/aromatic N) is 1. The number of benzene rings is 2. The second-order valence-corrected chi connectivity index (χ2v) is 6.49. The molecule has 108 valence electrons. The Labute approximate surface area is 146 Å². The number of hydrogen-bond acceptors (Lipinski definition) is 3. The highest BCUT2D eigenvalue weighted by Gasteiger charge is 2.13. The van der Waals surface area contributed by atoms with Gasteiger partial charge in [0.15, 0.2) is 5.82 Å². The van der Waals surface area contributed by atoms with E-state index in [0.717, 1.165) is 8.95 Å². The van der Waals surface area contributed by atoms with Crippen molar-refractivity contribution in [1.82, 2.24) is 0 Å². The quantitative estimate of drug-likeness (QED) is 0.612. The van der Waals surface area contributed by atoms with E-state index >= 15 is 0 Å². The van der Waals surface area contributed by atoms with Gasteiger partial charge in [-0.25, -0.2) is 4.39 Å². The Morgan fingerprint density at radius 2 is 1.86 bits per heavy atom. The zero-order valence-corrected chi connectivity index (χ0v) is 15.4. The van der Waals surface area contributed by atoms with Crippen molar-refractivity contribution in [3.63, 3.8) is 0 Å². The molecule has 0 aliphatic heterocycles. The number of nitriles is 1. The van der Waals surface area contributed by atoms with Gasteiger partial charge in [0.1, 0.15) is 11.8 Å². The van der Waals surface area contributed by atoms with Gasteiger partial charge in [-0.2, -0.15) is 5.26 Å². The zero-order valence-electron chi connectivity index (χ0n) is 10.7. The van der Waals surface area contributed by atoms with E-state index in [0.29, 0.717) is 11.4 Å². The maximum atomic E-state index is 14.2. The first-order chi connectivity index (χ1) is 9.97. The number of methoxy groups -OCH3 is 1. The third kappa shape index (κ3) is 3.39. The molecule has 0 fully saturated rings. The minimum absolute atomic E-state index is 0.134. The number of rotatable bonds is 3.